The minimum atomic E-state index is -4.92. The van der Waals surface area contributed by atoms with E-state index in [9.17, 15) is 35.2 Å². The molecule has 0 radical (unpaired) electrons. The number of hydrogen-bond donors (Lipinski definition) is 9. The Hall–Kier alpha value is -0.290. The fourth-order valence-corrected chi connectivity index (χ4v) is 2.99. The van der Waals surface area contributed by atoms with Crippen LogP contribution in [0.4, 0.5) is 0 Å². The Morgan fingerprint density at radius 1 is 0.741 bits per heavy atom. The van der Waals surface area contributed by atoms with Gasteiger partial charge in [-0.3, -0.25) is 4.52 Å². The summed E-state index contributed by atoms with van der Waals surface area (Å²) in [6.07, 6.45) is -17.1. The molecule has 14 nitrogen and oxygen atoms in total. The van der Waals surface area contributed by atoms with Crippen molar-refractivity contribution in [1.29, 1.82) is 0 Å². The molecule has 0 bridgehead atoms. The molecule has 2 heterocycles. The molecule has 0 aromatic heterocycles. The van der Waals surface area contributed by atoms with Gasteiger partial charge in [0.15, 0.2) is 12.6 Å². The van der Waals surface area contributed by atoms with Crippen molar-refractivity contribution in [3.8, 4) is 0 Å². The van der Waals surface area contributed by atoms with E-state index in [0.717, 1.165) is 0 Å². The molecule has 0 aromatic rings. The molecule has 2 rings (SSSR count). The molecule has 0 spiro atoms. The van der Waals surface area contributed by atoms with Crippen molar-refractivity contribution in [2.24, 2.45) is 0 Å². The van der Waals surface area contributed by atoms with E-state index in [2.05, 4.69) is 4.52 Å². The molecule has 15 heteroatoms. The molecule has 2 aliphatic rings. The first-order valence-electron chi connectivity index (χ1n) is 7.82. The normalized spacial score (nSPS) is 46.4. The summed E-state index contributed by atoms with van der Waals surface area (Å²) in [5.41, 5.74) is 0. The summed E-state index contributed by atoms with van der Waals surface area (Å²) < 4.78 is 30.3. The van der Waals surface area contributed by atoms with E-state index in [-0.39, 0.29) is 0 Å². The third kappa shape index (κ3) is 5.41. The first-order chi connectivity index (χ1) is 12.5. The van der Waals surface area contributed by atoms with E-state index in [1.165, 1.54) is 0 Å². The van der Waals surface area contributed by atoms with Crippen LogP contribution in [0.15, 0.2) is 0 Å². The molecule has 0 aromatic carbocycles. The molecule has 0 amide bonds. The largest absolute Gasteiger partial charge is 0.469 e. The molecule has 2 saturated heterocycles. The second kappa shape index (κ2) is 9.02. The monoisotopic (exact) mass is 422 g/mol. The quantitative estimate of drug-likeness (QED) is 0.182. The van der Waals surface area contributed by atoms with Gasteiger partial charge in [-0.15, -0.1) is 0 Å². The van der Waals surface area contributed by atoms with Crippen molar-refractivity contribution in [2.75, 3.05) is 13.2 Å². The van der Waals surface area contributed by atoms with Gasteiger partial charge in [0.25, 0.3) is 0 Å². The zero-order chi connectivity index (χ0) is 20.5. The van der Waals surface area contributed by atoms with Gasteiger partial charge in [-0.05, 0) is 0 Å². The summed E-state index contributed by atoms with van der Waals surface area (Å²) in [6, 6.07) is 0. The molecule has 160 valence electrons. The van der Waals surface area contributed by atoms with Crippen LogP contribution in [0, 0.1) is 0 Å². The van der Waals surface area contributed by atoms with Crippen LogP contribution in [-0.2, 0) is 23.3 Å². The lowest BCUT2D eigenvalue weighted by atomic mass is 9.98. The predicted octanol–water partition coefficient (Wildman–Crippen LogP) is -5.28. The standard InChI is InChI=1S/C12H23O14P/c13-1-3-5(14)7(16)9(18)11(24-3)26-12-10(19)8(17)6(15)4(25-12)2-23-27(20,21)22/h3-19H,1-2H2,(H2,20,21,22)/t3-,4-,5-,6-,7+,8+,9-,10+,11-,12-/m1/s1. The zero-order valence-electron chi connectivity index (χ0n) is 13.7. The van der Waals surface area contributed by atoms with Gasteiger partial charge in [0, 0.05) is 0 Å². The van der Waals surface area contributed by atoms with Gasteiger partial charge in [0.05, 0.1) is 13.2 Å². The van der Waals surface area contributed by atoms with Gasteiger partial charge >= 0.3 is 7.82 Å². The van der Waals surface area contributed by atoms with E-state index in [1.807, 2.05) is 0 Å². The van der Waals surface area contributed by atoms with Crippen molar-refractivity contribution in [3.63, 3.8) is 0 Å². The van der Waals surface area contributed by atoms with Crippen molar-refractivity contribution < 1.29 is 68.8 Å². The summed E-state index contributed by atoms with van der Waals surface area (Å²) in [4.78, 5) is 17.4. The molecule has 2 aliphatic heterocycles. The van der Waals surface area contributed by atoms with Gasteiger partial charge < -0.3 is 59.7 Å². The molecule has 27 heavy (non-hydrogen) atoms. The van der Waals surface area contributed by atoms with Crippen molar-refractivity contribution in [2.45, 2.75) is 61.4 Å². The molecule has 10 atom stereocenters. The maximum atomic E-state index is 10.8. The second-order valence-corrected chi connectivity index (χ2v) is 7.37. The zero-order valence-corrected chi connectivity index (χ0v) is 14.6. The smallest absolute Gasteiger partial charge is 0.394 e. The number of rotatable bonds is 6. The molecular weight excluding hydrogens is 399 g/mol. The Balaban J connectivity index is 2.08. The molecule has 0 saturated carbocycles. The highest BCUT2D eigenvalue weighted by Gasteiger charge is 2.49. The molecular formula is C12H23O14P. The van der Waals surface area contributed by atoms with Gasteiger partial charge in [-0.1, -0.05) is 0 Å². The number of aliphatic hydroxyl groups is 7. The fraction of sp³-hybridized carbons (Fsp3) is 1.00. The van der Waals surface area contributed by atoms with Crippen LogP contribution >= 0.6 is 7.82 Å². The Bertz CT molecular complexity index is 526. The fourth-order valence-electron chi connectivity index (χ4n) is 2.65. The Morgan fingerprint density at radius 3 is 1.63 bits per heavy atom. The van der Waals surface area contributed by atoms with Crippen LogP contribution in [0.1, 0.15) is 0 Å². The first-order valence-corrected chi connectivity index (χ1v) is 9.35. The van der Waals surface area contributed by atoms with E-state index >= 15 is 0 Å². The second-order valence-electron chi connectivity index (χ2n) is 6.13. The molecule has 0 aliphatic carbocycles. The van der Waals surface area contributed by atoms with Crippen molar-refractivity contribution >= 4 is 7.82 Å². The third-order valence-corrected chi connectivity index (χ3v) is 4.68. The van der Waals surface area contributed by atoms with Crippen molar-refractivity contribution in [1.82, 2.24) is 0 Å². The molecule has 9 N–H and O–H groups in total. The number of hydrogen-bond acceptors (Lipinski definition) is 12. The van der Waals surface area contributed by atoms with Gasteiger partial charge in [0.2, 0.25) is 0 Å². The van der Waals surface area contributed by atoms with Crippen LogP contribution in [0.2, 0.25) is 0 Å². The minimum Gasteiger partial charge on any atom is -0.394 e. The minimum absolute atomic E-state index is 0.737. The number of phosphoric ester groups is 1. The highest BCUT2D eigenvalue weighted by atomic mass is 31.2. The Kier molecular flexibility index (Phi) is 7.68. The van der Waals surface area contributed by atoms with Crippen molar-refractivity contribution in [3.05, 3.63) is 0 Å². The SMILES string of the molecule is O=P(O)(O)OC[C@H]1O[C@H](O[C@H]2O[C@H](CO)[C@@H](O)[C@H](O)[C@H]2O)[C@@H](O)[C@@H](O)[C@@H]1O. The maximum absolute atomic E-state index is 10.8. The van der Waals surface area contributed by atoms with Gasteiger partial charge in [0.1, 0.15) is 48.8 Å². The maximum Gasteiger partial charge on any atom is 0.469 e. The lowest BCUT2D eigenvalue weighted by Crippen LogP contribution is -2.63. The number of phosphoric acid groups is 1. The summed E-state index contributed by atoms with van der Waals surface area (Å²) >= 11 is 0. The van der Waals surface area contributed by atoms with Crippen LogP contribution in [0.25, 0.3) is 0 Å². The molecule has 0 unspecified atom stereocenters. The first kappa shape index (κ1) is 23.0. The van der Waals surface area contributed by atoms with E-state index in [4.69, 9.17) is 29.1 Å². The number of ether oxygens (including phenoxy) is 3. The van der Waals surface area contributed by atoms with Crippen LogP contribution in [0.3, 0.4) is 0 Å². The highest BCUT2D eigenvalue weighted by molar-refractivity contribution is 7.46. The highest BCUT2D eigenvalue weighted by Crippen LogP contribution is 2.37. The van der Waals surface area contributed by atoms with Crippen LogP contribution in [-0.4, -0.2) is 120 Å². The van der Waals surface area contributed by atoms with E-state index < -0.39 is 82.4 Å². The average Bonchev–Trinajstić information content (AvgIpc) is 2.60. The topological polar surface area (TPSA) is 236 Å². The summed E-state index contributed by atoms with van der Waals surface area (Å²) in [7, 11) is -4.92. The van der Waals surface area contributed by atoms with E-state index in [0.29, 0.717) is 0 Å². The van der Waals surface area contributed by atoms with Gasteiger partial charge in [-0.25, -0.2) is 4.57 Å². The number of aliphatic hydroxyl groups excluding tert-OH is 7. The average molecular weight is 422 g/mol. The Labute approximate surface area is 152 Å². The summed E-state index contributed by atoms with van der Waals surface area (Å²) in [5, 5.41) is 68.1. The lowest BCUT2D eigenvalue weighted by molar-refractivity contribution is -0.376. The lowest BCUT2D eigenvalue weighted by Gasteiger charge is -2.44. The molecule has 2 fully saturated rings. The predicted molar refractivity (Wildman–Crippen MR) is 79.5 cm³/mol. The van der Waals surface area contributed by atoms with Crippen LogP contribution in [0.5, 0.6) is 0 Å². The summed E-state index contributed by atoms with van der Waals surface area (Å²) in [6.45, 7) is -1.61. The third-order valence-electron chi connectivity index (χ3n) is 4.19. The Morgan fingerprint density at radius 2 is 1.19 bits per heavy atom. The summed E-state index contributed by atoms with van der Waals surface area (Å²) in [5.74, 6) is 0. The van der Waals surface area contributed by atoms with Crippen LogP contribution < -0.4 is 0 Å². The van der Waals surface area contributed by atoms with Gasteiger partial charge in [-0.2, -0.15) is 0 Å². The van der Waals surface area contributed by atoms with E-state index in [1.54, 1.807) is 0 Å².